The summed E-state index contributed by atoms with van der Waals surface area (Å²) in [6.07, 6.45) is 6.38. The van der Waals surface area contributed by atoms with Gasteiger partial charge in [0, 0.05) is 17.9 Å². The van der Waals surface area contributed by atoms with Crippen molar-refractivity contribution in [3.05, 3.63) is 34.3 Å². The Balaban J connectivity index is 2.31. The van der Waals surface area contributed by atoms with Crippen molar-refractivity contribution in [2.24, 2.45) is 0 Å². The Morgan fingerprint density at radius 3 is 2.94 bits per heavy atom. The molecule has 2 rings (SSSR count). The largest absolute Gasteiger partial charge is 0.468 e. The van der Waals surface area contributed by atoms with Crippen LogP contribution in [-0.4, -0.2) is 25.2 Å². The monoisotopic (exact) mass is 263 g/mol. The molecule has 4 heteroatoms. The minimum Gasteiger partial charge on any atom is -0.468 e. The highest BCUT2D eigenvalue weighted by atomic mass is 35.5. The van der Waals surface area contributed by atoms with Gasteiger partial charge >= 0.3 is 5.97 Å². The van der Waals surface area contributed by atoms with Gasteiger partial charge in [-0.15, -0.1) is 6.42 Å². The van der Waals surface area contributed by atoms with Gasteiger partial charge in [0.15, 0.2) is 0 Å². The van der Waals surface area contributed by atoms with Crippen molar-refractivity contribution in [1.82, 2.24) is 5.32 Å². The molecule has 1 aliphatic rings. The zero-order chi connectivity index (χ0) is 13.2. The lowest BCUT2D eigenvalue weighted by Gasteiger charge is -2.26. The van der Waals surface area contributed by atoms with Gasteiger partial charge in [0.1, 0.15) is 5.54 Å². The van der Waals surface area contributed by atoms with Crippen LogP contribution in [0.15, 0.2) is 18.2 Å². The van der Waals surface area contributed by atoms with E-state index in [1.807, 2.05) is 18.2 Å². The molecule has 1 aromatic rings. The molecule has 0 amide bonds. The average molecular weight is 264 g/mol. The number of nitrogens with one attached hydrogen (secondary N) is 1. The van der Waals surface area contributed by atoms with Crippen LogP contribution < -0.4 is 5.32 Å². The molecule has 1 unspecified atom stereocenters. The number of rotatable bonds is 3. The van der Waals surface area contributed by atoms with E-state index in [-0.39, 0.29) is 5.97 Å². The number of hydrogen-bond donors (Lipinski definition) is 1. The van der Waals surface area contributed by atoms with Crippen molar-refractivity contribution in [3.63, 3.8) is 0 Å². The topological polar surface area (TPSA) is 38.3 Å². The van der Waals surface area contributed by atoms with Crippen LogP contribution in [0.2, 0.25) is 5.02 Å². The number of benzene rings is 1. The molecule has 3 nitrogen and oxygen atoms in total. The van der Waals surface area contributed by atoms with Gasteiger partial charge < -0.3 is 4.74 Å². The Morgan fingerprint density at radius 2 is 2.28 bits per heavy atom. The fourth-order valence-corrected chi connectivity index (χ4v) is 2.60. The van der Waals surface area contributed by atoms with E-state index in [0.29, 0.717) is 24.4 Å². The third kappa shape index (κ3) is 2.22. The van der Waals surface area contributed by atoms with E-state index in [2.05, 4.69) is 11.2 Å². The molecule has 0 saturated heterocycles. The van der Waals surface area contributed by atoms with E-state index in [9.17, 15) is 4.79 Å². The Kier molecular flexibility index (Phi) is 3.60. The SMILES string of the molecule is C#CCNC1(C(=O)OC)Cc2ccc(Cl)cc2C1. The van der Waals surface area contributed by atoms with Gasteiger partial charge in [-0.25, -0.2) is 0 Å². The van der Waals surface area contributed by atoms with Crippen molar-refractivity contribution < 1.29 is 9.53 Å². The summed E-state index contributed by atoms with van der Waals surface area (Å²) in [7, 11) is 1.39. The summed E-state index contributed by atoms with van der Waals surface area (Å²) < 4.78 is 4.89. The molecule has 94 valence electrons. The van der Waals surface area contributed by atoms with Crippen molar-refractivity contribution in [2.45, 2.75) is 18.4 Å². The standard InChI is InChI=1S/C14H14ClNO2/c1-3-6-16-14(13(17)18-2)8-10-4-5-12(15)7-11(10)9-14/h1,4-5,7,16H,6,8-9H2,2H3. The van der Waals surface area contributed by atoms with Gasteiger partial charge in [0.25, 0.3) is 0 Å². The van der Waals surface area contributed by atoms with Gasteiger partial charge in [-0.1, -0.05) is 23.6 Å². The molecule has 0 radical (unpaired) electrons. The molecular formula is C14H14ClNO2. The zero-order valence-electron chi connectivity index (χ0n) is 10.1. The summed E-state index contributed by atoms with van der Waals surface area (Å²) in [5.74, 6) is 2.20. The predicted molar refractivity (Wildman–Crippen MR) is 70.4 cm³/mol. The van der Waals surface area contributed by atoms with Crippen molar-refractivity contribution in [3.8, 4) is 12.3 Å². The van der Waals surface area contributed by atoms with E-state index < -0.39 is 5.54 Å². The number of esters is 1. The zero-order valence-corrected chi connectivity index (χ0v) is 10.9. The number of ether oxygens (including phenoxy) is 1. The molecule has 0 saturated carbocycles. The average Bonchev–Trinajstić information content (AvgIpc) is 2.74. The van der Waals surface area contributed by atoms with Crippen molar-refractivity contribution >= 4 is 17.6 Å². The Labute approximate surface area is 111 Å². The van der Waals surface area contributed by atoms with Gasteiger partial charge in [0.2, 0.25) is 0 Å². The van der Waals surface area contributed by atoms with Gasteiger partial charge in [-0.3, -0.25) is 10.1 Å². The lowest BCUT2D eigenvalue weighted by molar-refractivity contribution is -0.148. The fraction of sp³-hybridized carbons (Fsp3) is 0.357. The number of hydrogen-bond acceptors (Lipinski definition) is 3. The molecule has 1 aromatic carbocycles. The van der Waals surface area contributed by atoms with E-state index in [0.717, 1.165) is 11.1 Å². The Morgan fingerprint density at radius 1 is 1.56 bits per heavy atom. The number of carbonyl (C=O) groups excluding carboxylic acids is 1. The number of terminal acetylenes is 1. The van der Waals surface area contributed by atoms with E-state index in [4.69, 9.17) is 22.8 Å². The molecule has 0 aromatic heterocycles. The van der Waals surface area contributed by atoms with Gasteiger partial charge in [-0.05, 0) is 23.3 Å². The molecule has 18 heavy (non-hydrogen) atoms. The third-order valence-electron chi connectivity index (χ3n) is 3.26. The predicted octanol–water partition coefficient (Wildman–Crippen LogP) is 1.57. The van der Waals surface area contributed by atoms with Crippen LogP contribution in [0.1, 0.15) is 11.1 Å². The number of carbonyl (C=O) groups is 1. The summed E-state index contributed by atoms with van der Waals surface area (Å²) in [6, 6.07) is 5.66. The lowest BCUT2D eigenvalue weighted by atomic mass is 9.96. The van der Waals surface area contributed by atoms with Gasteiger partial charge in [0.05, 0.1) is 13.7 Å². The molecule has 0 bridgehead atoms. The quantitative estimate of drug-likeness (QED) is 0.665. The lowest BCUT2D eigenvalue weighted by Crippen LogP contribution is -2.53. The minimum absolute atomic E-state index is 0.287. The highest BCUT2D eigenvalue weighted by Gasteiger charge is 2.44. The molecule has 1 atom stereocenters. The molecular weight excluding hydrogens is 250 g/mol. The summed E-state index contributed by atoms with van der Waals surface area (Å²) in [4.78, 5) is 12.0. The van der Waals surface area contributed by atoms with Crippen LogP contribution in [0.5, 0.6) is 0 Å². The molecule has 0 heterocycles. The summed E-state index contributed by atoms with van der Waals surface area (Å²) >= 11 is 5.97. The second-order valence-corrected chi connectivity index (χ2v) is 4.83. The Hall–Kier alpha value is -1.50. The van der Waals surface area contributed by atoms with E-state index in [1.54, 1.807) is 0 Å². The van der Waals surface area contributed by atoms with Crippen LogP contribution in [0.4, 0.5) is 0 Å². The van der Waals surface area contributed by atoms with Crippen LogP contribution in [0.25, 0.3) is 0 Å². The molecule has 1 aliphatic carbocycles. The van der Waals surface area contributed by atoms with Gasteiger partial charge in [-0.2, -0.15) is 0 Å². The number of fused-ring (bicyclic) bond motifs is 1. The third-order valence-corrected chi connectivity index (χ3v) is 3.49. The first kappa shape index (κ1) is 12.9. The Bertz CT molecular complexity index is 521. The second kappa shape index (κ2) is 5.01. The molecule has 0 aliphatic heterocycles. The van der Waals surface area contributed by atoms with Crippen molar-refractivity contribution in [1.29, 1.82) is 0 Å². The molecule has 1 N–H and O–H groups in total. The molecule has 0 fully saturated rings. The minimum atomic E-state index is -0.756. The van der Waals surface area contributed by atoms with Crippen LogP contribution in [0.3, 0.4) is 0 Å². The molecule has 0 spiro atoms. The maximum Gasteiger partial charge on any atom is 0.326 e. The number of halogens is 1. The maximum absolute atomic E-state index is 12.0. The summed E-state index contributed by atoms with van der Waals surface area (Å²) in [6.45, 7) is 0.330. The first-order valence-electron chi connectivity index (χ1n) is 5.65. The van der Waals surface area contributed by atoms with Crippen LogP contribution >= 0.6 is 11.6 Å². The highest BCUT2D eigenvalue weighted by molar-refractivity contribution is 6.30. The van der Waals surface area contributed by atoms with E-state index >= 15 is 0 Å². The van der Waals surface area contributed by atoms with E-state index in [1.165, 1.54) is 7.11 Å². The summed E-state index contributed by atoms with van der Waals surface area (Å²) in [5, 5.41) is 3.78. The fourth-order valence-electron chi connectivity index (χ4n) is 2.40. The smallest absolute Gasteiger partial charge is 0.326 e. The number of methoxy groups -OCH3 is 1. The first-order valence-corrected chi connectivity index (χ1v) is 6.03. The van der Waals surface area contributed by atoms with Crippen molar-refractivity contribution in [2.75, 3.05) is 13.7 Å². The first-order chi connectivity index (χ1) is 8.61. The normalized spacial score (nSPS) is 21.2. The van der Waals surface area contributed by atoms with Crippen LogP contribution in [0, 0.1) is 12.3 Å². The maximum atomic E-state index is 12.0. The highest BCUT2D eigenvalue weighted by Crippen LogP contribution is 2.32. The van der Waals surface area contributed by atoms with Crippen LogP contribution in [-0.2, 0) is 22.4 Å². The summed E-state index contributed by atoms with van der Waals surface area (Å²) in [5.41, 5.74) is 1.42. The second-order valence-electron chi connectivity index (χ2n) is 4.40.